The highest BCUT2D eigenvalue weighted by Gasteiger charge is 2.35. The van der Waals surface area contributed by atoms with Gasteiger partial charge in [0.2, 0.25) is 0 Å². The maximum atomic E-state index is 13.6. The van der Waals surface area contributed by atoms with E-state index in [1.807, 2.05) is 42.5 Å². The Hall–Kier alpha value is -3.28. The summed E-state index contributed by atoms with van der Waals surface area (Å²) in [6, 6.07) is 20.3. The minimum atomic E-state index is -0.586. The van der Waals surface area contributed by atoms with Crippen molar-refractivity contribution < 1.29 is 19.1 Å². The molecule has 0 bridgehead atoms. The van der Waals surface area contributed by atoms with Crippen LogP contribution in [-0.2, 0) is 9.47 Å². The monoisotopic (exact) mass is 516 g/mol. The van der Waals surface area contributed by atoms with E-state index in [9.17, 15) is 9.59 Å². The van der Waals surface area contributed by atoms with Crippen molar-refractivity contribution in [1.82, 2.24) is 10.4 Å². The number of hydrogen-bond donors (Lipinski definition) is 1. The third-order valence-corrected chi connectivity index (χ3v) is 8.34. The molecule has 0 radical (unpaired) electrons. The predicted octanol–water partition coefficient (Wildman–Crippen LogP) is 7.63. The van der Waals surface area contributed by atoms with E-state index in [0.29, 0.717) is 0 Å². The number of carbonyl (C=O) groups is 2. The maximum absolute atomic E-state index is 13.6. The van der Waals surface area contributed by atoms with Gasteiger partial charge in [0.25, 0.3) is 0 Å². The quantitative estimate of drug-likeness (QED) is 0.328. The molecule has 0 heterocycles. The molecule has 2 fully saturated rings. The Bertz CT molecular complexity index is 1070. The van der Waals surface area contributed by atoms with Gasteiger partial charge < -0.3 is 9.47 Å². The molecule has 6 heteroatoms. The largest absolute Gasteiger partial charge is 0.444 e. The molecule has 202 valence electrons. The van der Waals surface area contributed by atoms with Crippen molar-refractivity contribution in [2.75, 3.05) is 0 Å². The topological polar surface area (TPSA) is 67.9 Å². The fourth-order valence-corrected chi connectivity index (χ4v) is 6.36. The summed E-state index contributed by atoms with van der Waals surface area (Å²) in [5.74, 6) is 0.331. The smallest absolute Gasteiger partial charge is 0.429 e. The first-order valence-electron chi connectivity index (χ1n) is 14.4. The number of carbonyl (C=O) groups excluding carboxylic acids is 2. The van der Waals surface area contributed by atoms with E-state index in [2.05, 4.69) is 35.8 Å². The summed E-state index contributed by atoms with van der Waals surface area (Å²) >= 11 is 0. The molecule has 2 aromatic carbocycles. The van der Waals surface area contributed by atoms with Crippen molar-refractivity contribution in [1.29, 1.82) is 0 Å². The van der Waals surface area contributed by atoms with E-state index in [4.69, 9.17) is 9.47 Å². The average molecular weight is 517 g/mol. The van der Waals surface area contributed by atoms with Crippen molar-refractivity contribution in [3.8, 4) is 0 Å². The van der Waals surface area contributed by atoms with Gasteiger partial charge in [-0.05, 0) is 68.9 Å². The first-order chi connectivity index (χ1) is 18.7. The Balaban J connectivity index is 1.28. The van der Waals surface area contributed by atoms with Crippen LogP contribution in [0.4, 0.5) is 9.59 Å². The second-order valence-electron chi connectivity index (χ2n) is 10.9. The van der Waals surface area contributed by atoms with Gasteiger partial charge >= 0.3 is 12.2 Å². The van der Waals surface area contributed by atoms with Gasteiger partial charge in [-0.3, -0.25) is 0 Å². The number of nitrogens with zero attached hydrogens (tertiary/aromatic N) is 1. The molecule has 3 aliphatic rings. The van der Waals surface area contributed by atoms with Gasteiger partial charge in [-0.1, -0.05) is 85.7 Å². The number of rotatable bonds is 5. The molecule has 2 aromatic rings. The molecule has 2 saturated carbocycles. The Morgan fingerprint density at radius 2 is 1.24 bits per heavy atom. The third kappa shape index (κ3) is 6.58. The molecular formula is C32H40N2O4. The van der Waals surface area contributed by atoms with Crippen LogP contribution >= 0.6 is 0 Å². The lowest BCUT2D eigenvalue weighted by Crippen LogP contribution is -2.53. The summed E-state index contributed by atoms with van der Waals surface area (Å²) in [5.41, 5.74) is 5.19. The molecule has 1 unspecified atom stereocenters. The Morgan fingerprint density at radius 1 is 0.684 bits per heavy atom. The van der Waals surface area contributed by atoms with Crippen molar-refractivity contribution in [2.24, 2.45) is 0 Å². The zero-order chi connectivity index (χ0) is 26.2. The first kappa shape index (κ1) is 26.3. The van der Waals surface area contributed by atoms with Crippen LogP contribution in [0.1, 0.15) is 93.6 Å². The summed E-state index contributed by atoms with van der Waals surface area (Å²) in [5, 5.41) is 1.37. The van der Waals surface area contributed by atoms with Crippen LogP contribution < -0.4 is 5.43 Å². The van der Waals surface area contributed by atoms with Crippen molar-refractivity contribution in [3.05, 3.63) is 83.9 Å². The lowest BCUT2D eigenvalue weighted by Gasteiger charge is -2.36. The number of ether oxygens (including phenoxy) is 2. The normalized spacial score (nSPS) is 27.2. The molecule has 5 atom stereocenters. The molecule has 0 spiro atoms. The fraction of sp³-hybridized carbons (Fsp3) is 0.500. The Labute approximate surface area is 226 Å². The number of hydrazine groups is 1. The van der Waals surface area contributed by atoms with E-state index in [-0.39, 0.29) is 30.1 Å². The fourth-order valence-electron chi connectivity index (χ4n) is 6.36. The summed E-state index contributed by atoms with van der Waals surface area (Å²) in [6.07, 6.45) is 13.2. The van der Waals surface area contributed by atoms with Crippen LogP contribution in [-0.4, -0.2) is 35.4 Å². The summed E-state index contributed by atoms with van der Waals surface area (Å²) < 4.78 is 12.1. The number of nitrogens with one attached hydrogen (secondary N) is 1. The van der Waals surface area contributed by atoms with E-state index in [0.717, 1.165) is 70.6 Å². The molecule has 2 amide bonds. The van der Waals surface area contributed by atoms with Crippen LogP contribution in [0.2, 0.25) is 0 Å². The first-order valence-corrected chi connectivity index (χ1v) is 14.4. The van der Waals surface area contributed by atoms with Crippen LogP contribution in [0.5, 0.6) is 0 Å². The lowest BCUT2D eigenvalue weighted by atomic mass is 9.81. The van der Waals surface area contributed by atoms with Crippen molar-refractivity contribution >= 4 is 12.2 Å². The number of benzene rings is 2. The molecule has 0 aliphatic heterocycles. The van der Waals surface area contributed by atoms with Gasteiger partial charge in [-0.25, -0.2) is 20.0 Å². The Kier molecular flexibility index (Phi) is 9.00. The third-order valence-electron chi connectivity index (χ3n) is 8.34. The molecule has 1 N–H and O–H groups in total. The van der Waals surface area contributed by atoms with E-state index in [1.165, 1.54) is 16.1 Å². The molecule has 0 saturated heterocycles. The molecule has 5 rings (SSSR count). The second-order valence-corrected chi connectivity index (χ2v) is 10.9. The molecular weight excluding hydrogens is 476 g/mol. The van der Waals surface area contributed by atoms with Gasteiger partial charge in [-0.15, -0.1) is 0 Å². The Morgan fingerprint density at radius 3 is 1.79 bits per heavy atom. The van der Waals surface area contributed by atoms with Gasteiger partial charge in [0, 0.05) is 11.8 Å². The van der Waals surface area contributed by atoms with E-state index < -0.39 is 12.2 Å². The molecule has 3 aliphatic carbocycles. The highest BCUT2D eigenvalue weighted by Crippen LogP contribution is 2.36. The summed E-state index contributed by atoms with van der Waals surface area (Å²) in [4.78, 5) is 26.8. The minimum Gasteiger partial charge on any atom is -0.444 e. The SMILES string of the molecule is O=C(NN(C(=O)O[C@@H]1CCCC[C@H]1c1ccccc1)C1C=CCCC1)O[C@@H]1CCCC[C@H]1c1ccccc1. The van der Waals surface area contributed by atoms with Gasteiger partial charge in [0.15, 0.2) is 0 Å². The zero-order valence-corrected chi connectivity index (χ0v) is 22.2. The standard InChI is InChI=1S/C32H40N2O4/c35-31(37-29-22-12-10-20-27(29)24-14-4-1-5-15-24)33-34(26-18-8-3-9-19-26)32(36)38-30-23-13-11-21-28(30)25-16-6-2-7-17-25/h1-2,4-8,14-18,26-30H,3,9-13,19-23H2,(H,33,35)/t26?,27-,28-,29+,30+/m0/s1. The van der Waals surface area contributed by atoms with Gasteiger partial charge in [0.1, 0.15) is 12.2 Å². The van der Waals surface area contributed by atoms with Crippen LogP contribution in [0, 0.1) is 0 Å². The summed E-state index contributed by atoms with van der Waals surface area (Å²) in [6.45, 7) is 0. The molecule has 6 nitrogen and oxygen atoms in total. The van der Waals surface area contributed by atoms with Crippen molar-refractivity contribution in [2.45, 2.75) is 101 Å². The number of hydrogen-bond acceptors (Lipinski definition) is 4. The van der Waals surface area contributed by atoms with Crippen LogP contribution in [0.25, 0.3) is 0 Å². The predicted molar refractivity (Wildman–Crippen MR) is 148 cm³/mol. The zero-order valence-electron chi connectivity index (χ0n) is 22.2. The minimum absolute atomic E-state index is 0.165. The average Bonchev–Trinajstić information content (AvgIpc) is 2.98. The number of amides is 2. The van der Waals surface area contributed by atoms with Crippen molar-refractivity contribution in [3.63, 3.8) is 0 Å². The second kappa shape index (κ2) is 13.0. The lowest BCUT2D eigenvalue weighted by molar-refractivity contribution is 0.00404. The summed E-state index contributed by atoms with van der Waals surface area (Å²) in [7, 11) is 0. The highest BCUT2D eigenvalue weighted by atomic mass is 16.6. The van der Waals surface area contributed by atoms with Crippen LogP contribution in [0.3, 0.4) is 0 Å². The maximum Gasteiger partial charge on any atom is 0.429 e. The van der Waals surface area contributed by atoms with Gasteiger partial charge in [0.05, 0.1) is 6.04 Å². The van der Waals surface area contributed by atoms with Crippen LogP contribution in [0.15, 0.2) is 72.8 Å². The highest BCUT2D eigenvalue weighted by molar-refractivity contribution is 5.75. The number of allylic oxidation sites excluding steroid dienone is 1. The molecule has 38 heavy (non-hydrogen) atoms. The van der Waals surface area contributed by atoms with E-state index >= 15 is 0 Å². The van der Waals surface area contributed by atoms with Gasteiger partial charge in [-0.2, -0.15) is 0 Å². The molecule has 0 aromatic heterocycles. The van der Waals surface area contributed by atoms with E-state index in [1.54, 1.807) is 0 Å².